The highest BCUT2D eigenvalue weighted by Gasteiger charge is 2.40. The number of likely N-dealkylation sites (tertiary alicyclic amines) is 1. The Bertz CT molecular complexity index is 354. The topological polar surface area (TPSA) is 40.5 Å². The zero-order valence-corrected chi connectivity index (χ0v) is 11.8. The molecule has 0 saturated carbocycles. The van der Waals surface area contributed by atoms with E-state index in [4.69, 9.17) is 0 Å². The van der Waals surface area contributed by atoms with Crippen LogP contribution in [0.3, 0.4) is 0 Å². The molecule has 0 aromatic rings. The van der Waals surface area contributed by atoms with Crippen molar-refractivity contribution in [2.75, 3.05) is 13.1 Å². The summed E-state index contributed by atoms with van der Waals surface area (Å²) >= 11 is 0. The van der Waals surface area contributed by atoms with Crippen molar-refractivity contribution in [2.24, 2.45) is 5.41 Å². The first-order valence-electron chi connectivity index (χ1n) is 7.05. The van der Waals surface area contributed by atoms with Crippen molar-refractivity contribution in [1.29, 1.82) is 0 Å². The largest absolute Gasteiger partial charge is 0.391 e. The van der Waals surface area contributed by atoms with Gasteiger partial charge in [0.15, 0.2) is 5.78 Å². The molecule has 2 atom stereocenters. The molecule has 0 aromatic heterocycles. The summed E-state index contributed by atoms with van der Waals surface area (Å²) < 4.78 is 0. The van der Waals surface area contributed by atoms with Crippen LogP contribution in [0.5, 0.6) is 0 Å². The highest BCUT2D eigenvalue weighted by molar-refractivity contribution is 5.95. The van der Waals surface area contributed by atoms with Crippen molar-refractivity contribution in [3.05, 3.63) is 11.6 Å². The number of Topliss-reactive ketones (excluding diaryl/α,β-unsaturated/α-hetero) is 1. The fourth-order valence-electron chi connectivity index (χ4n) is 3.08. The molecule has 0 unspecified atom stereocenters. The average Bonchev–Trinajstić information content (AvgIpc) is 2.41. The van der Waals surface area contributed by atoms with Gasteiger partial charge in [-0.2, -0.15) is 0 Å². The summed E-state index contributed by atoms with van der Waals surface area (Å²) in [6.45, 7) is 7.96. The number of hydrogen-bond donors (Lipinski definition) is 1. The van der Waals surface area contributed by atoms with E-state index in [-0.39, 0.29) is 17.2 Å². The van der Waals surface area contributed by atoms with Gasteiger partial charge >= 0.3 is 0 Å². The van der Waals surface area contributed by atoms with Gasteiger partial charge in [-0.25, -0.2) is 0 Å². The van der Waals surface area contributed by atoms with Gasteiger partial charge in [-0.1, -0.05) is 26.3 Å². The summed E-state index contributed by atoms with van der Waals surface area (Å²) in [6.07, 6.45) is 5.66. The Morgan fingerprint density at radius 3 is 2.50 bits per heavy atom. The van der Waals surface area contributed by atoms with Gasteiger partial charge in [-0.15, -0.1) is 0 Å². The van der Waals surface area contributed by atoms with E-state index in [2.05, 4.69) is 4.90 Å². The molecule has 2 aliphatic rings. The summed E-state index contributed by atoms with van der Waals surface area (Å²) in [5.41, 5.74) is 0.475. The SMILES string of the molecule is CC1=C[C@H](N2CCCCC2)[C@@H](O)C(C)(C)CC1=O. The molecule has 0 aromatic carbocycles. The van der Waals surface area contributed by atoms with Crippen LogP contribution in [0.4, 0.5) is 0 Å². The molecule has 3 nitrogen and oxygen atoms in total. The molecular weight excluding hydrogens is 226 g/mol. The van der Waals surface area contributed by atoms with Gasteiger partial charge in [0, 0.05) is 6.42 Å². The Hall–Kier alpha value is -0.670. The van der Waals surface area contributed by atoms with E-state index < -0.39 is 6.10 Å². The zero-order valence-electron chi connectivity index (χ0n) is 11.8. The highest BCUT2D eigenvalue weighted by Crippen LogP contribution is 2.35. The number of aliphatic hydroxyl groups excluding tert-OH is 1. The number of carbonyl (C=O) groups is 1. The number of allylic oxidation sites excluding steroid dienone is 1. The molecule has 1 N–H and O–H groups in total. The normalized spacial score (nSPS) is 34.0. The molecule has 18 heavy (non-hydrogen) atoms. The smallest absolute Gasteiger partial charge is 0.158 e. The summed E-state index contributed by atoms with van der Waals surface area (Å²) in [7, 11) is 0. The lowest BCUT2D eigenvalue weighted by molar-refractivity contribution is -0.119. The van der Waals surface area contributed by atoms with E-state index >= 15 is 0 Å². The molecule has 0 spiro atoms. The number of rotatable bonds is 1. The second-order valence-corrected chi connectivity index (χ2v) is 6.47. The van der Waals surface area contributed by atoms with E-state index in [1.54, 1.807) is 0 Å². The van der Waals surface area contributed by atoms with E-state index in [1.807, 2.05) is 26.8 Å². The molecule has 102 valence electrons. The van der Waals surface area contributed by atoms with Gasteiger partial charge in [0.25, 0.3) is 0 Å². The van der Waals surface area contributed by atoms with Gasteiger partial charge in [0.05, 0.1) is 12.1 Å². The predicted octanol–water partition coefficient (Wildman–Crippen LogP) is 2.15. The average molecular weight is 251 g/mol. The number of ketones is 1. The predicted molar refractivity (Wildman–Crippen MR) is 72.4 cm³/mol. The maximum Gasteiger partial charge on any atom is 0.158 e. The van der Waals surface area contributed by atoms with Gasteiger partial charge in [-0.05, 0) is 43.8 Å². The fourth-order valence-corrected chi connectivity index (χ4v) is 3.08. The second kappa shape index (κ2) is 5.14. The number of aliphatic hydroxyl groups is 1. The third-order valence-electron chi connectivity index (χ3n) is 4.41. The first-order valence-corrected chi connectivity index (χ1v) is 7.05. The van der Waals surface area contributed by atoms with Crippen LogP contribution in [0.25, 0.3) is 0 Å². The molecule has 1 aliphatic carbocycles. The lowest BCUT2D eigenvalue weighted by atomic mass is 9.79. The van der Waals surface area contributed by atoms with Crippen molar-refractivity contribution in [1.82, 2.24) is 4.90 Å². The summed E-state index contributed by atoms with van der Waals surface area (Å²) in [5.74, 6) is 0.179. The zero-order chi connectivity index (χ0) is 13.3. The molecular formula is C15H25NO2. The quantitative estimate of drug-likeness (QED) is 0.776. The lowest BCUT2D eigenvalue weighted by Crippen LogP contribution is -2.50. The Morgan fingerprint density at radius 1 is 1.28 bits per heavy atom. The minimum Gasteiger partial charge on any atom is -0.391 e. The molecule has 1 aliphatic heterocycles. The molecule has 0 radical (unpaired) electrons. The number of carbonyl (C=O) groups excluding carboxylic acids is 1. The van der Waals surface area contributed by atoms with Gasteiger partial charge in [0.2, 0.25) is 0 Å². The van der Waals surface area contributed by atoms with Crippen LogP contribution in [-0.4, -0.2) is 41.0 Å². The number of hydrogen-bond acceptors (Lipinski definition) is 3. The first kappa shape index (κ1) is 13.8. The van der Waals surface area contributed by atoms with E-state index in [9.17, 15) is 9.90 Å². The molecule has 3 heteroatoms. The minimum atomic E-state index is -0.461. The Kier molecular flexibility index (Phi) is 3.93. The van der Waals surface area contributed by atoms with Crippen LogP contribution in [0.2, 0.25) is 0 Å². The van der Waals surface area contributed by atoms with Crippen LogP contribution < -0.4 is 0 Å². The molecule has 1 heterocycles. The van der Waals surface area contributed by atoms with Crippen LogP contribution in [0.1, 0.15) is 46.5 Å². The molecule has 1 fully saturated rings. The van der Waals surface area contributed by atoms with E-state index in [1.165, 1.54) is 19.3 Å². The van der Waals surface area contributed by atoms with Crippen molar-refractivity contribution < 1.29 is 9.90 Å². The summed E-state index contributed by atoms with van der Waals surface area (Å²) in [4.78, 5) is 14.4. The maximum atomic E-state index is 12.0. The number of piperidine rings is 1. The van der Waals surface area contributed by atoms with E-state index in [0.29, 0.717) is 6.42 Å². The fraction of sp³-hybridized carbons (Fsp3) is 0.800. The van der Waals surface area contributed by atoms with Crippen LogP contribution in [0, 0.1) is 5.41 Å². The minimum absolute atomic E-state index is 0.00625. The number of nitrogens with zero attached hydrogens (tertiary/aromatic N) is 1. The van der Waals surface area contributed by atoms with Crippen LogP contribution >= 0.6 is 0 Å². The molecule has 0 bridgehead atoms. The lowest BCUT2D eigenvalue weighted by Gasteiger charge is -2.40. The first-order chi connectivity index (χ1) is 8.42. The van der Waals surface area contributed by atoms with Gasteiger partial charge < -0.3 is 5.11 Å². The third kappa shape index (κ3) is 2.67. The monoisotopic (exact) mass is 251 g/mol. The maximum absolute atomic E-state index is 12.0. The Morgan fingerprint density at radius 2 is 1.89 bits per heavy atom. The van der Waals surface area contributed by atoms with Crippen molar-refractivity contribution in [3.63, 3.8) is 0 Å². The Labute approximate surface area is 110 Å². The van der Waals surface area contributed by atoms with Crippen LogP contribution in [-0.2, 0) is 4.79 Å². The van der Waals surface area contributed by atoms with Gasteiger partial charge in [0.1, 0.15) is 0 Å². The molecule has 0 amide bonds. The van der Waals surface area contributed by atoms with Crippen molar-refractivity contribution in [3.8, 4) is 0 Å². The second-order valence-electron chi connectivity index (χ2n) is 6.47. The van der Waals surface area contributed by atoms with Crippen molar-refractivity contribution in [2.45, 2.75) is 58.6 Å². The standard InChI is InChI=1S/C15H25NO2/c1-11-9-12(16-7-5-4-6-8-16)14(18)15(2,3)10-13(11)17/h9,12,14,18H,4-8,10H2,1-3H3/t12-,14+/m0/s1. The van der Waals surface area contributed by atoms with Gasteiger partial charge in [-0.3, -0.25) is 9.69 Å². The van der Waals surface area contributed by atoms with Crippen molar-refractivity contribution >= 4 is 5.78 Å². The van der Waals surface area contributed by atoms with Crippen LogP contribution in [0.15, 0.2) is 11.6 Å². The third-order valence-corrected chi connectivity index (χ3v) is 4.41. The summed E-state index contributed by atoms with van der Waals surface area (Å²) in [6, 6.07) is 0.00625. The Balaban J connectivity index is 2.26. The summed E-state index contributed by atoms with van der Waals surface area (Å²) in [5, 5.41) is 10.6. The molecule has 1 saturated heterocycles. The van der Waals surface area contributed by atoms with E-state index in [0.717, 1.165) is 18.7 Å². The highest BCUT2D eigenvalue weighted by atomic mass is 16.3. The molecule has 2 rings (SSSR count).